The smallest absolute Gasteiger partial charge is 0.182 e. The predicted molar refractivity (Wildman–Crippen MR) is 83.8 cm³/mol. The number of aromatic nitrogens is 1. The third-order valence-corrected chi connectivity index (χ3v) is 5.03. The van der Waals surface area contributed by atoms with Crippen molar-refractivity contribution < 1.29 is 0 Å². The van der Waals surface area contributed by atoms with Crippen LogP contribution in [0.5, 0.6) is 0 Å². The van der Waals surface area contributed by atoms with Crippen molar-refractivity contribution in [3.63, 3.8) is 0 Å². The first kappa shape index (κ1) is 14.8. The zero-order chi connectivity index (χ0) is 13.7. The van der Waals surface area contributed by atoms with Gasteiger partial charge in [0.2, 0.25) is 0 Å². The van der Waals surface area contributed by atoms with Gasteiger partial charge in [-0.05, 0) is 45.1 Å². The van der Waals surface area contributed by atoms with Crippen LogP contribution in [-0.2, 0) is 6.54 Å². The van der Waals surface area contributed by atoms with Gasteiger partial charge in [0.15, 0.2) is 5.13 Å². The molecule has 0 atom stereocenters. The molecule has 1 N–H and O–H groups in total. The quantitative estimate of drug-likeness (QED) is 0.855. The third-order valence-electron chi connectivity index (χ3n) is 4.09. The number of nitrogens with zero attached hydrogens (tertiary/aromatic N) is 2. The van der Waals surface area contributed by atoms with Crippen LogP contribution in [0.15, 0.2) is 6.20 Å². The van der Waals surface area contributed by atoms with Crippen LogP contribution in [0.2, 0.25) is 0 Å². The fourth-order valence-electron chi connectivity index (χ4n) is 2.75. The number of anilines is 1. The van der Waals surface area contributed by atoms with Crippen molar-refractivity contribution >= 4 is 16.5 Å². The first-order chi connectivity index (χ1) is 9.19. The zero-order valence-electron chi connectivity index (χ0n) is 12.5. The number of rotatable bonds is 6. The molecule has 1 aromatic rings. The van der Waals surface area contributed by atoms with Gasteiger partial charge in [-0.2, -0.15) is 0 Å². The van der Waals surface area contributed by atoms with Gasteiger partial charge in [-0.25, -0.2) is 4.98 Å². The molecule has 4 heteroatoms. The summed E-state index contributed by atoms with van der Waals surface area (Å²) in [4.78, 5) is 8.34. The molecule has 0 unspecified atom stereocenters. The topological polar surface area (TPSA) is 28.2 Å². The minimum absolute atomic E-state index is 0.769. The van der Waals surface area contributed by atoms with Crippen LogP contribution in [0.4, 0.5) is 5.13 Å². The molecule has 19 heavy (non-hydrogen) atoms. The molecule has 1 saturated carbocycles. The summed E-state index contributed by atoms with van der Waals surface area (Å²) in [5.41, 5.74) is 0. The van der Waals surface area contributed by atoms with Crippen molar-refractivity contribution in [2.24, 2.45) is 5.92 Å². The Bertz CT molecular complexity index is 369. The van der Waals surface area contributed by atoms with Crippen LogP contribution in [-0.4, -0.2) is 29.5 Å². The predicted octanol–water partition coefficient (Wildman–Crippen LogP) is 3.98. The first-order valence-corrected chi connectivity index (χ1v) is 8.39. The van der Waals surface area contributed by atoms with Crippen LogP contribution in [0.3, 0.4) is 0 Å². The molecule has 0 aliphatic heterocycles. The Hall–Kier alpha value is -0.610. The lowest BCUT2D eigenvalue weighted by molar-refractivity contribution is 0.165. The van der Waals surface area contributed by atoms with Gasteiger partial charge >= 0.3 is 0 Å². The molecule has 0 aromatic carbocycles. The summed E-state index contributed by atoms with van der Waals surface area (Å²) in [7, 11) is 2.26. The normalized spacial score (nSPS) is 23.8. The molecule has 0 spiro atoms. The highest BCUT2D eigenvalue weighted by atomic mass is 32.1. The molecule has 1 fully saturated rings. The molecule has 1 aromatic heterocycles. The van der Waals surface area contributed by atoms with E-state index in [1.54, 1.807) is 11.3 Å². The molecule has 1 aliphatic carbocycles. The van der Waals surface area contributed by atoms with E-state index >= 15 is 0 Å². The second kappa shape index (κ2) is 7.25. The fraction of sp³-hybridized carbons (Fsp3) is 0.800. The van der Waals surface area contributed by atoms with Crippen molar-refractivity contribution in [1.29, 1.82) is 0 Å². The van der Waals surface area contributed by atoms with Gasteiger partial charge in [-0.3, -0.25) is 4.90 Å². The Labute approximate surface area is 121 Å². The van der Waals surface area contributed by atoms with Crippen LogP contribution in [0.1, 0.15) is 50.8 Å². The second-order valence-corrected chi connectivity index (χ2v) is 7.00. The summed E-state index contributed by atoms with van der Waals surface area (Å²) in [6.45, 7) is 6.62. The van der Waals surface area contributed by atoms with Crippen molar-refractivity contribution in [1.82, 2.24) is 9.88 Å². The van der Waals surface area contributed by atoms with E-state index in [0.29, 0.717) is 0 Å². The molecule has 3 nitrogen and oxygen atoms in total. The summed E-state index contributed by atoms with van der Waals surface area (Å²) >= 11 is 1.80. The molecule has 1 heterocycles. The van der Waals surface area contributed by atoms with E-state index in [2.05, 4.69) is 36.1 Å². The average molecular weight is 281 g/mol. The molecule has 0 amide bonds. The minimum Gasteiger partial charge on any atom is -0.362 e. The van der Waals surface area contributed by atoms with E-state index < -0.39 is 0 Å². The lowest BCUT2D eigenvalue weighted by atomic mass is 9.87. The van der Waals surface area contributed by atoms with E-state index in [1.807, 2.05) is 6.20 Å². The maximum absolute atomic E-state index is 4.44. The highest BCUT2D eigenvalue weighted by Crippen LogP contribution is 2.28. The van der Waals surface area contributed by atoms with Gasteiger partial charge in [0.05, 0.1) is 0 Å². The van der Waals surface area contributed by atoms with Crippen LogP contribution < -0.4 is 5.32 Å². The molecular formula is C15H27N3S. The Morgan fingerprint density at radius 1 is 1.37 bits per heavy atom. The highest BCUT2D eigenvalue weighted by molar-refractivity contribution is 7.15. The van der Waals surface area contributed by atoms with Crippen LogP contribution >= 0.6 is 11.3 Å². The maximum atomic E-state index is 4.44. The fourth-order valence-corrected chi connectivity index (χ4v) is 3.65. The zero-order valence-corrected chi connectivity index (χ0v) is 13.3. The van der Waals surface area contributed by atoms with E-state index in [0.717, 1.165) is 36.6 Å². The summed E-state index contributed by atoms with van der Waals surface area (Å²) < 4.78 is 0. The molecule has 0 radical (unpaired) electrons. The average Bonchev–Trinajstić information content (AvgIpc) is 2.84. The summed E-state index contributed by atoms with van der Waals surface area (Å²) in [5, 5.41) is 4.43. The number of hydrogen-bond acceptors (Lipinski definition) is 4. The van der Waals surface area contributed by atoms with Gasteiger partial charge in [-0.1, -0.05) is 13.8 Å². The van der Waals surface area contributed by atoms with Gasteiger partial charge in [0.25, 0.3) is 0 Å². The number of thiazole rings is 1. The number of nitrogens with one attached hydrogen (secondary N) is 1. The molecule has 0 saturated heterocycles. The standard InChI is InChI=1S/C15H27N3S/c1-4-9-16-15-17-10-14(19-15)11-18(3)13-7-5-12(2)6-8-13/h10,12-13H,4-9,11H2,1-3H3,(H,16,17). The SMILES string of the molecule is CCCNc1ncc(CN(C)C2CCC(C)CC2)s1. The Morgan fingerprint density at radius 2 is 2.11 bits per heavy atom. The van der Waals surface area contributed by atoms with Crippen molar-refractivity contribution in [3.05, 3.63) is 11.1 Å². The second-order valence-electron chi connectivity index (χ2n) is 5.89. The largest absolute Gasteiger partial charge is 0.362 e. The molecular weight excluding hydrogens is 254 g/mol. The lowest BCUT2D eigenvalue weighted by Crippen LogP contribution is -2.34. The van der Waals surface area contributed by atoms with Gasteiger partial charge in [0.1, 0.15) is 0 Å². The molecule has 108 valence electrons. The van der Waals surface area contributed by atoms with Crippen LogP contribution in [0, 0.1) is 5.92 Å². The third kappa shape index (κ3) is 4.46. The van der Waals surface area contributed by atoms with E-state index in [1.165, 1.54) is 30.6 Å². The van der Waals surface area contributed by atoms with Gasteiger partial charge in [-0.15, -0.1) is 11.3 Å². The first-order valence-electron chi connectivity index (χ1n) is 7.57. The Balaban J connectivity index is 1.81. The van der Waals surface area contributed by atoms with Gasteiger partial charge < -0.3 is 5.32 Å². The highest BCUT2D eigenvalue weighted by Gasteiger charge is 2.22. The molecule has 2 rings (SSSR count). The van der Waals surface area contributed by atoms with E-state index in [9.17, 15) is 0 Å². The Morgan fingerprint density at radius 3 is 2.79 bits per heavy atom. The van der Waals surface area contributed by atoms with Gasteiger partial charge in [0, 0.05) is 30.2 Å². The van der Waals surface area contributed by atoms with E-state index in [-0.39, 0.29) is 0 Å². The molecule has 1 aliphatic rings. The maximum Gasteiger partial charge on any atom is 0.182 e. The van der Waals surface area contributed by atoms with Crippen molar-refractivity contribution in [2.75, 3.05) is 18.9 Å². The summed E-state index contributed by atoms with van der Waals surface area (Å²) in [6, 6.07) is 0.769. The molecule has 0 bridgehead atoms. The monoisotopic (exact) mass is 281 g/mol. The van der Waals surface area contributed by atoms with E-state index in [4.69, 9.17) is 0 Å². The number of hydrogen-bond donors (Lipinski definition) is 1. The lowest BCUT2D eigenvalue weighted by Gasteiger charge is -2.33. The van der Waals surface area contributed by atoms with Crippen LogP contribution in [0.25, 0.3) is 0 Å². The van der Waals surface area contributed by atoms with Crippen molar-refractivity contribution in [3.8, 4) is 0 Å². The van der Waals surface area contributed by atoms with Crippen molar-refractivity contribution in [2.45, 2.75) is 58.5 Å². The summed E-state index contributed by atoms with van der Waals surface area (Å²) in [6.07, 6.45) is 8.68. The Kier molecular flexibility index (Phi) is 5.64. The summed E-state index contributed by atoms with van der Waals surface area (Å²) in [5.74, 6) is 0.929. The minimum atomic E-state index is 0.769.